The molecule has 4 aromatic rings. The van der Waals surface area contributed by atoms with Crippen molar-refractivity contribution >= 4 is 36.5 Å². The predicted molar refractivity (Wildman–Crippen MR) is 219 cm³/mol. The monoisotopic (exact) mass is 763 g/mol. The van der Waals surface area contributed by atoms with Gasteiger partial charge in [-0.1, -0.05) is 90.5 Å². The first-order valence-electron chi connectivity index (χ1n) is 19.1. The third-order valence-corrected chi connectivity index (χ3v) is 10.2. The normalized spacial score (nSPS) is 13.2. The Morgan fingerprint density at radius 2 is 1.38 bits per heavy atom. The summed E-state index contributed by atoms with van der Waals surface area (Å²) >= 11 is 4.58. The lowest BCUT2D eigenvalue weighted by molar-refractivity contribution is -0.154. The fourth-order valence-corrected chi connectivity index (χ4v) is 6.96. The number of esters is 1. The minimum atomic E-state index is -0.904. The first kappa shape index (κ1) is 41.1. The molecule has 1 aliphatic rings. The molecule has 2 unspecified atom stereocenters. The first-order chi connectivity index (χ1) is 26.4. The van der Waals surface area contributed by atoms with Crippen LogP contribution in [0, 0.1) is 6.92 Å². The molecule has 0 fully saturated rings. The average molecular weight is 764 g/mol. The zero-order valence-corrected chi connectivity index (χ0v) is 33.1. The van der Waals surface area contributed by atoms with Gasteiger partial charge >= 0.3 is 12.1 Å². The number of hydrogen-bond donors (Lipinski definition) is 4. The van der Waals surface area contributed by atoms with E-state index < -0.39 is 29.0 Å². The van der Waals surface area contributed by atoms with Gasteiger partial charge in [-0.15, -0.1) is 0 Å². The number of hydrogen-bond acceptors (Lipinski definition) is 7. The Morgan fingerprint density at radius 3 is 2.02 bits per heavy atom. The van der Waals surface area contributed by atoms with Gasteiger partial charge in [0.05, 0.1) is 6.04 Å². The molecule has 3 N–H and O–H groups in total. The number of carbonyl (C=O) groups is 4. The van der Waals surface area contributed by atoms with Crippen molar-refractivity contribution in [2.45, 2.75) is 95.6 Å². The number of amides is 3. The summed E-state index contributed by atoms with van der Waals surface area (Å²) in [5, 5.41) is 7.86. The van der Waals surface area contributed by atoms with Gasteiger partial charge in [-0.25, -0.2) is 4.79 Å². The summed E-state index contributed by atoms with van der Waals surface area (Å²) in [4.78, 5) is 51.5. The summed E-state index contributed by atoms with van der Waals surface area (Å²) in [5.41, 5.74) is 7.63. The van der Waals surface area contributed by atoms with Gasteiger partial charge < -0.3 is 25.4 Å². The first-order valence-corrected chi connectivity index (χ1v) is 19.6. The molecule has 1 aliphatic carbocycles. The molecule has 290 valence electrons. The molecule has 3 amide bonds. The molecular formula is C45H53N3O6S. The summed E-state index contributed by atoms with van der Waals surface area (Å²) in [6.07, 6.45) is 3.17. The van der Waals surface area contributed by atoms with Crippen molar-refractivity contribution in [3.63, 3.8) is 0 Å². The zero-order chi connectivity index (χ0) is 39.4. The molecular weight excluding hydrogens is 711 g/mol. The zero-order valence-electron chi connectivity index (χ0n) is 32.2. The van der Waals surface area contributed by atoms with E-state index in [9.17, 15) is 19.2 Å². The molecule has 5 rings (SSSR count). The Morgan fingerprint density at radius 1 is 0.764 bits per heavy atom. The lowest BCUT2D eigenvalue weighted by atomic mass is 9.98. The highest BCUT2D eigenvalue weighted by molar-refractivity contribution is 7.81. The smallest absolute Gasteiger partial charge is 0.407 e. The van der Waals surface area contributed by atoms with Crippen LogP contribution < -0.4 is 16.0 Å². The maximum Gasteiger partial charge on any atom is 0.407 e. The Bertz CT molecular complexity index is 1880. The Hall–Kier alpha value is -5.09. The van der Waals surface area contributed by atoms with Crippen LogP contribution in [-0.2, 0) is 32.0 Å². The number of aryl methyl sites for hydroxylation is 2. The van der Waals surface area contributed by atoms with Gasteiger partial charge in [0, 0.05) is 31.0 Å². The minimum Gasteiger partial charge on any atom is -0.459 e. The summed E-state index contributed by atoms with van der Waals surface area (Å²) < 4.78 is 11.2. The third-order valence-electron chi connectivity index (χ3n) is 9.60. The van der Waals surface area contributed by atoms with Crippen LogP contribution in [0.2, 0.25) is 0 Å². The van der Waals surface area contributed by atoms with Gasteiger partial charge in [0.2, 0.25) is 5.91 Å². The number of nitrogens with one attached hydrogen (secondary N) is 3. The topological polar surface area (TPSA) is 123 Å². The quantitative estimate of drug-likeness (QED) is 0.0490. The molecule has 0 aromatic heterocycles. The average Bonchev–Trinajstić information content (AvgIpc) is 3.49. The maximum absolute atomic E-state index is 13.4. The number of carbonyl (C=O) groups excluding carboxylic acids is 4. The van der Waals surface area contributed by atoms with Crippen LogP contribution in [0.3, 0.4) is 0 Å². The van der Waals surface area contributed by atoms with Gasteiger partial charge in [-0.2, -0.15) is 12.6 Å². The van der Waals surface area contributed by atoms with E-state index in [1.165, 1.54) is 22.3 Å². The summed E-state index contributed by atoms with van der Waals surface area (Å²) in [7, 11) is 0. The van der Waals surface area contributed by atoms with E-state index in [1.807, 2.05) is 24.3 Å². The molecule has 0 heterocycles. The van der Waals surface area contributed by atoms with Crippen LogP contribution >= 0.6 is 12.6 Å². The van der Waals surface area contributed by atoms with Gasteiger partial charge in [0.1, 0.15) is 17.5 Å². The summed E-state index contributed by atoms with van der Waals surface area (Å²) in [6, 6.07) is 31.1. The number of benzene rings is 4. The highest BCUT2D eigenvalue weighted by atomic mass is 32.1. The second-order valence-corrected chi connectivity index (χ2v) is 15.7. The molecule has 0 saturated carbocycles. The van der Waals surface area contributed by atoms with Crippen LogP contribution in [0.15, 0.2) is 97.1 Å². The van der Waals surface area contributed by atoms with Crippen molar-refractivity contribution in [1.82, 2.24) is 16.0 Å². The van der Waals surface area contributed by atoms with Crippen LogP contribution in [0.5, 0.6) is 0 Å². The molecule has 55 heavy (non-hydrogen) atoms. The van der Waals surface area contributed by atoms with E-state index in [0.717, 1.165) is 29.5 Å². The molecule has 0 radical (unpaired) electrons. The Balaban J connectivity index is 1.07. The van der Waals surface area contributed by atoms with Gasteiger partial charge in [0.25, 0.3) is 5.91 Å². The van der Waals surface area contributed by atoms with Crippen molar-refractivity contribution < 1.29 is 28.7 Å². The van der Waals surface area contributed by atoms with Gasteiger partial charge in [0.15, 0.2) is 0 Å². The number of fused-ring (bicyclic) bond motifs is 3. The van der Waals surface area contributed by atoms with Crippen molar-refractivity contribution in [3.05, 3.63) is 130 Å². The molecule has 10 heteroatoms. The molecule has 0 spiro atoms. The molecule has 0 aliphatic heterocycles. The molecule has 0 saturated heterocycles. The van der Waals surface area contributed by atoms with E-state index in [0.29, 0.717) is 44.3 Å². The lowest BCUT2D eigenvalue weighted by Crippen LogP contribution is -2.46. The predicted octanol–water partition coefficient (Wildman–Crippen LogP) is 8.08. The van der Waals surface area contributed by atoms with Crippen molar-refractivity contribution in [2.75, 3.05) is 13.2 Å². The van der Waals surface area contributed by atoms with Crippen molar-refractivity contribution in [3.8, 4) is 11.1 Å². The summed E-state index contributed by atoms with van der Waals surface area (Å²) in [6.45, 7) is 8.35. The van der Waals surface area contributed by atoms with Crippen LogP contribution in [0.4, 0.5) is 4.79 Å². The lowest BCUT2D eigenvalue weighted by Gasteiger charge is -2.27. The number of unbranched alkanes of at least 4 members (excludes halogenated alkanes) is 1. The van der Waals surface area contributed by atoms with Crippen LogP contribution in [0.1, 0.15) is 97.0 Å². The standard InChI is InChI=1S/C45H53N3O6S/c1-30-19-21-31(22-20-30)12-11-18-40(49)47-28-32-23-25-33(26-24-32)42(50)48-39(41(55)43(51)54-45(2,3)4)17-9-10-27-46-44(52)53-29-38-36-15-7-5-13-34(36)35-14-6-8-16-37(35)38/h5-8,13-16,19-26,38-39,41,55H,9-12,17-18,27-29H2,1-4H3,(H,46,52)(H,47,49)(H,48,50). The maximum atomic E-state index is 13.4. The number of alkyl carbamates (subject to hydrolysis) is 1. The second kappa shape index (κ2) is 19.5. The van der Waals surface area contributed by atoms with Gasteiger partial charge in [-0.3, -0.25) is 14.4 Å². The highest BCUT2D eigenvalue weighted by Crippen LogP contribution is 2.44. The van der Waals surface area contributed by atoms with E-state index in [1.54, 1.807) is 45.0 Å². The largest absolute Gasteiger partial charge is 0.459 e. The SMILES string of the molecule is Cc1ccc(CCCC(=O)NCc2ccc(C(=O)NC(CCCCNC(=O)OCC3c4ccccc4-c4ccccc43)C(S)C(=O)OC(C)(C)C)cc2)cc1. The van der Waals surface area contributed by atoms with E-state index in [4.69, 9.17) is 9.47 Å². The number of rotatable bonds is 17. The van der Waals surface area contributed by atoms with Gasteiger partial charge in [-0.05, 0) is 105 Å². The Kier molecular flexibility index (Phi) is 14.6. The highest BCUT2D eigenvalue weighted by Gasteiger charge is 2.31. The fraction of sp³-hybridized carbons (Fsp3) is 0.378. The third kappa shape index (κ3) is 12.2. The minimum absolute atomic E-state index is 0.0211. The summed E-state index contributed by atoms with van der Waals surface area (Å²) in [5.74, 6) is -0.921. The number of thiol groups is 1. The van der Waals surface area contributed by atoms with Crippen LogP contribution in [-0.4, -0.2) is 53.9 Å². The molecule has 4 aromatic carbocycles. The Labute approximate surface area is 330 Å². The molecule has 2 atom stereocenters. The van der Waals surface area contributed by atoms with Crippen LogP contribution in [0.25, 0.3) is 11.1 Å². The van der Waals surface area contributed by atoms with Crippen molar-refractivity contribution in [1.29, 1.82) is 0 Å². The van der Waals surface area contributed by atoms with E-state index in [2.05, 4.69) is 84.0 Å². The van der Waals surface area contributed by atoms with Crippen molar-refractivity contribution in [2.24, 2.45) is 0 Å². The van der Waals surface area contributed by atoms with E-state index >= 15 is 0 Å². The van der Waals surface area contributed by atoms with E-state index in [-0.39, 0.29) is 24.3 Å². The fourth-order valence-electron chi connectivity index (χ4n) is 6.69. The molecule has 9 nitrogen and oxygen atoms in total. The molecule has 0 bridgehead atoms. The number of ether oxygens (including phenoxy) is 2. The second-order valence-electron chi connectivity index (χ2n) is 15.1.